The zero-order valence-corrected chi connectivity index (χ0v) is 17.9. The van der Waals surface area contributed by atoms with Crippen LogP contribution in [0.25, 0.3) is 0 Å². The molecule has 1 aromatic rings. The number of rotatable bonds is 6. The Bertz CT molecular complexity index is 854. The first kappa shape index (κ1) is 21.1. The summed E-state index contributed by atoms with van der Waals surface area (Å²) in [6.45, 7) is 0.00355. The van der Waals surface area contributed by atoms with Crippen molar-refractivity contribution >= 4 is 5.91 Å². The van der Waals surface area contributed by atoms with E-state index in [1.807, 2.05) is 18.2 Å². The quantitative estimate of drug-likeness (QED) is 0.719. The summed E-state index contributed by atoms with van der Waals surface area (Å²) in [6, 6.07) is 5.94. The van der Waals surface area contributed by atoms with Gasteiger partial charge >= 0.3 is 0 Å². The number of fused-ring (bicyclic) bond motifs is 3. The van der Waals surface area contributed by atoms with Gasteiger partial charge in [0.05, 0.1) is 19.3 Å². The monoisotopic (exact) mass is 435 g/mol. The van der Waals surface area contributed by atoms with Crippen LogP contribution in [0.2, 0.25) is 0 Å². The first-order chi connectivity index (χ1) is 14.9. The predicted molar refractivity (Wildman–Crippen MR) is 111 cm³/mol. The van der Waals surface area contributed by atoms with Crippen molar-refractivity contribution in [3.63, 3.8) is 0 Å². The number of carbonyl (C=O) groups excluding carboxylic acids is 1. The summed E-state index contributed by atoms with van der Waals surface area (Å²) in [5, 5.41) is 3.31. The number of nitrogens with zero attached hydrogens (tertiary/aromatic N) is 1. The summed E-state index contributed by atoms with van der Waals surface area (Å²) < 4.78 is 38.1. The van der Waals surface area contributed by atoms with Crippen LogP contribution in [-0.2, 0) is 21.5 Å². The van der Waals surface area contributed by atoms with E-state index in [-0.39, 0.29) is 12.0 Å². The van der Waals surface area contributed by atoms with E-state index >= 15 is 0 Å². The summed E-state index contributed by atoms with van der Waals surface area (Å²) >= 11 is 0. The lowest BCUT2D eigenvalue weighted by atomic mass is 9.61. The SMILES string of the molecule is COC1CCC2(CC1)Cc1ccc(OCC3CC3)cc1C21NC(N)N(CC(F)F)C1=O. The number of amides is 1. The molecule has 2 unspecified atom stereocenters. The molecule has 1 saturated heterocycles. The smallest absolute Gasteiger partial charge is 0.256 e. The molecule has 6 nitrogen and oxygen atoms in total. The fraction of sp³-hybridized carbons (Fsp3) is 0.696. The minimum atomic E-state index is -2.64. The molecular formula is C23H31F2N3O3. The van der Waals surface area contributed by atoms with E-state index in [2.05, 4.69) is 5.32 Å². The Kier molecular flexibility index (Phi) is 5.22. The minimum absolute atomic E-state index is 0.158. The molecule has 0 aromatic heterocycles. The largest absolute Gasteiger partial charge is 0.493 e. The number of methoxy groups -OCH3 is 1. The second-order valence-corrected chi connectivity index (χ2v) is 9.65. The standard InChI is InChI=1S/C23H31F2N3O3/c1-30-16-6-8-22(9-7-16)11-15-4-5-17(31-13-14-2-3-14)10-18(15)23(22)20(29)28(12-19(24)25)21(26)27-23/h4-5,10,14,16,19,21,27H,2-3,6-9,11-13,26H2,1H3. The van der Waals surface area contributed by atoms with E-state index in [1.165, 1.54) is 12.8 Å². The van der Waals surface area contributed by atoms with Crippen LogP contribution in [0.5, 0.6) is 5.75 Å². The van der Waals surface area contributed by atoms with E-state index in [9.17, 15) is 13.6 Å². The average Bonchev–Trinajstić information content (AvgIpc) is 3.51. The molecule has 1 amide bonds. The van der Waals surface area contributed by atoms with Crippen LogP contribution >= 0.6 is 0 Å². The highest BCUT2D eigenvalue weighted by atomic mass is 19.3. The van der Waals surface area contributed by atoms with E-state index in [4.69, 9.17) is 15.2 Å². The number of ether oxygens (including phenoxy) is 2. The zero-order chi connectivity index (χ0) is 21.8. The summed E-state index contributed by atoms with van der Waals surface area (Å²) in [5.74, 6) is 0.997. The maximum absolute atomic E-state index is 13.8. The number of nitrogens with two attached hydrogens (primary N) is 1. The Balaban J connectivity index is 1.55. The van der Waals surface area contributed by atoms with Crippen LogP contribution in [0.1, 0.15) is 49.7 Å². The van der Waals surface area contributed by atoms with Gasteiger partial charge in [0.15, 0.2) is 0 Å². The molecule has 3 N–H and O–H groups in total. The topological polar surface area (TPSA) is 76.8 Å². The second kappa shape index (κ2) is 7.67. The lowest BCUT2D eigenvalue weighted by Gasteiger charge is -2.46. The first-order valence-electron chi connectivity index (χ1n) is 11.3. The number of benzene rings is 1. The fourth-order valence-corrected chi connectivity index (χ4v) is 5.98. The first-order valence-corrected chi connectivity index (χ1v) is 11.3. The molecule has 1 heterocycles. The van der Waals surface area contributed by atoms with Gasteiger partial charge in [0, 0.05) is 12.5 Å². The summed E-state index contributed by atoms with van der Waals surface area (Å²) in [5.41, 5.74) is 6.62. The highest BCUT2D eigenvalue weighted by molar-refractivity contribution is 5.93. The number of hydrogen-bond acceptors (Lipinski definition) is 5. The molecule has 3 aliphatic carbocycles. The molecule has 1 aliphatic heterocycles. The third kappa shape index (κ3) is 3.34. The average molecular weight is 436 g/mol. The summed E-state index contributed by atoms with van der Waals surface area (Å²) in [7, 11) is 1.71. The third-order valence-corrected chi connectivity index (χ3v) is 7.83. The molecule has 5 rings (SSSR count). The van der Waals surface area contributed by atoms with Gasteiger partial charge in [0.2, 0.25) is 0 Å². The van der Waals surface area contributed by atoms with Gasteiger partial charge in [-0.2, -0.15) is 0 Å². The Hall–Kier alpha value is -1.77. The molecule has 0 bridgehead atoms. The van der Waals surface area contributed by atoms with Crippen LogP contribution in [-0.4, -0.2) is 49.9 Å². The van der Waals surface area contributed by atoms with E-state index < -0.39 is 30.2 Å². The van der Waals surface area contributed by atoms with Gasteiger partial charge in [-0.3, -0.25) is 15.8 Å². The van der Waals surface area contributed by atoms with Gasteiger partial charge < -0.3 is 14.4 Å². The molecule has 2 spiro atoms. The Morgan fingerprint density at radius 3 is 2.65 bits per heavy atom. The summed E-state index contributed by atoms with van der Waals surface area (Å²) in [4.78, 5) is 14.9. The van der Waals surface area contributed by atoms with Crippen LogP contribution in [0.3, 0.4) is 0 Å². The molecular weight excluding hydrogens is 404 g/mol. The molecule has 31 heavy (non-hydrogen) atoms. The Morgan fingerprint density at radius 1 is 1.26 bits per heavy atom. The van der Waals surface area contributed by atoms with Crippen molar-refractivity contribution in [1.82, 2.24) is 10.2 Å². The maximum Gasteiger partial charge on any atom is 0.256 e. The normalized spacial score (nSPS) is 34.9. The van der Waals surface area contributed by atoms with E-state index in [0.717, 1.165) is 53.9 Å². The van der Waals surface area contributed by atoms with Crippen LogP contribution in [0.4, 0.5) is 8.78 Å². The molecule has 1 aromatic carbocycles. The van der Waals surface area contributed by atoms with Crippen molar-refractivity contribution < 1.29 is 23.0 Å². The maximum atomic E-state index is 13.8. The number of hydrogen-bond donors (Lipinski definition) is 2. The fourth-order valence-electron chi connectivity index (χ4n) is 5.98. The van der Waals surface area contributed by atoms with Gasteiger partial charge in [-0.05, 0) is 74.1 Å². The number of halogens is 2. The molecule has 8 heteroatoms. The molecule has 0 radical (unpaired) electrons. The predicted octanol–water partition coefficient (Wildman–Crippen LogP) is 2.74. The number of nitrogens with one attached hydrogen (secondary N) is 1. The van der Waals surface area contributed by atoms with Gasteiger partial charge in [-0.25, -0.2) is 8.78 Å². The molecule has 3 fully saturated rings. The second-order valence-electron chi connectivity index (χ2n) is 9.65. The summed E-state index contributed by atoms with van der Waals surface area (Å²) in [6.07, 6.45) is 2.88. The number of alkyl halides is 2. The van der Waals surface area contributed by atoms with Crippen molar-refractivity contribution in [1.29, 1.82) is 0 Å². The van der Waals surface area contributed by atoms with Crippen LogP contribution in [0.15, 0.2) is 18.2 Å². The third-order valence-electron chi connectivity index (χ3n) is 7.83. The lowest BCUT2D eigenvalue weighted by Crippen LogP contribution is -2.57. The van der Waals surface area contributed by atoms with Crippen molar-refractivity contribution in [3.05, 3.63) is 29.3 Å². The van der Waals surface area contributed by atoms with E-state index in [0.29, 0.717) is 12.5 Å². The van der Waals surface area contributed by atoms with Gasteiger partial charge in [0.25, 0.3) is 12.3 Å². The lowest BCUT2D eigenvalue weighted by molar-refractivity contribution is -0.141. The van der Waals surface area contributed by atoms with Crippen LogP contribution in [0, 0.1) is 11.3 Å². The van der Waals surface area contributed by atoms with Crippen molar-refractivity contribution in [3.8, 4) is 5.75 Å². The highest BCUT2D eigenvalue weighted by Crippen LogP contribution is 2.60. The van der Waals surface area contributed by atoms with Gasteiger partial charge in [0.1, 0.15) is 17.6 Å². The number of carbonyl (C=O) groups is 1. The Morgan fingerprint density at radius 2 is 2.00 bits per heavy atom. The highest BCUT2D eigenvalue weighted by Gasteiger charge is 2.67. The Labute approximate surface area is 181 Å². The van der Waals surface area contributed by atoms with Crippen molar-refractivity contribution in [2.45, 2.75) is 69.3 Å². The zero-order valence-electron chi connectivity index (χ0n) is 17.9. The molecule has 2 saturated carbocycles. The van der Waals surface area contributed by atoms with Crippen LogP contribution < -0.4 is 15.8 Å². The van der Waals surface area contributed by atoms with Gasteiger partial charge in [-0.15, -0.1) is 0 Å². The molecule has 170 valence electrons. The molecule has 2 atom stereocenters. The van der Waals surface area contributed by atoms with Gasteiger partial charge in [-0.1, -0.05) is 6.07 Å². The van der Waals surface area contributed by atoms with Crippen molar-refractivity contribution in [2.24, 2.45) is 17.1 Å². The van der Waals surface area contributed by atoms with Crippen molar-refractivity contribution in [2.75, 3.05) is 20.3 Å². The van der Waals surface area contributed by atoms with E-state index in [1.54, 1.807) is 7.11 Å². The molecule has 4 aliphatic rings. The minimum Gasteiger partial charge on any atom is -0.493 e.